The van der Waals surface area contributed by atoms with Crippen molar-refractivity contribution in [1.82, 2.24) is 24.3 Å². The second-order valence-electron chi connectivity index (χ2n) is 6.49. The highest BCUT2D eigenvalue weighted by molar-refractivity contribution is 5.75. The Morgan fingerprint density at radius 1 is 1.33 bits per heavy atom. The summed E-state index contributed by atoms with van der Waals surface area (Å²) in [6.07, 6.45) is 7.79. The fourth-order valence-electron chi connectivity index (χ4n) is 3.51. The average Bonchev–Trinajstić information content (AvgIpc) is 3.34. The number of carbonyl (C=O) groups is 1. The number of likely N-dealkylation sites (tertiary alicyclic amines) is 1. The predicted octanol–water partition coefficient (Wildman–Crippen LogP) is 2.39. The summed E-state index contributed by atoms with van der Waals surface area (Å²) < 4.78 is 8.89. The van der Waals surface area contributed by atoms with Crippen LogP contribution in [0.25, 0.3) is 16.6 Å². The first kappa shape index (κ1) is 16.9. The minimum atomic E-state index is -0.894. The van der Waals surface area contributed by atoms with E-state index < -0.39 is 6.09 Å². The van der Waals surface area contributed by atoms with Crippen LogP contribution in [0.1, 0.15) is 24.4 Å². The van der Waals surface area contributed by atoms with Crippen LogP contribution in [0, 0.1) is 11.3 Å². The summed E-state index contributed by atoms with van der Waals surface area (Å²) >= 11 is 0. The molecule has 1 unspecified atom stereocenters. The number of nitrogens with zero attached hydrogens (tertiary/aromatic N) is 6. The number of aromatic nitrogens is 4. The smallest absolute Gasteiger partial charge is 0.407 e. The summed E-state index contributed by atoms with van der Waals surface area (Å²) in [5, 5.41) is 27.1. The van der Waals surface area contributed by atoms with E-state index in [0.29, 0.717) is 29.9 Å². The first-order chi connectivity index (χ1) is 13.1. The van der Waals surface area contributed by atoms with Gasteiger partial charge in [-0.05, 0) is 18.9 Å². The third-order valence-electron chi connectivity index (χ3n) is 4.89. The van der Waals surface area contributed by atoms with Gasteiger partial charge in [0.1, 0.15) is 22.9 Å². The Kier molecular flexibility index (Phi) is 4.16. The van der Waals surface area contributed by atoms with Gasteiger partial charge in [-0.15, -0.1) is 0 Å². The Bertz CT molecular complexity index is 1050. The van der Waals surface area contributed by atoms with Crippen LogP contribution in [0.4, 0.5) is 4.79 Å². The van der Waals surface area contributed by atoms with Crippen LogP contribution in [0.5, 0.6) is 5.75 Å². The van der Waals surface area contributed by atoms with Gasteiger partial charge in [-0.2, -0.15) is 15.5 Å². The Labute approximate surface area is 155 Å². The SMILES string of the molecule is COc1cc(-c2cnn(C3CCCN(C(=O)O)C3)c2)cn2ncc(C#N)c12. The average molecular weight is 366 g/mol. The van der Waals surface area contributed by atoms with Crippen molar-refractivity contribution in [3.8, 4) is 22.9 Å². The lowest BCUT2D eigenvalue weighted by molar-refractivity contribution is 0.119. The van der Waals surface area contributed by atoms with E-state index in [1.54, 1.807) is 17.8 Å². The van der Waals surface area contributed by atoms with Crippen LogP contribution in [-0.2, 0) is 0 Å². The van der Waals surface area contributed by atoms with Gasteiger partial charge in [-0.25, -0.2) is 9.31 Å². The maximum absolute atomic E-state index is 11.2. The van der Waals surface area contributed by atoms with E-state index in [1.807, 2.05) is 23.1 Å². The molecule has 3 aromatic heterocycles. The van der Waals surface area contributed by atoms with Crippen LogP contribution >= 0.6 is 0 Å². The number of methoxy groups -OCH3 is 1. The molecule has 138 valence electrons. The molecular formula is C18H18N6O3. The fraction of sp³-hybridized carbons (Fsp3) is 0.333. The van der Waals surface area contributed by atoms with Gasteiger partial charge in [0, 0.05) is 36.6 Å². The van der Waals surface area contributed by atoms with Gasteiger partial charge in [0.05, 0.1) is 25.5 Å². The van der Waals surface area contributed by atoms with Crippen LogP contribution in [0.3, 0.4) is 0 Å². The monoisotopic (exact) mass is 366 g/mol. The van der Waals surface area contributed by atoms with Crippen LogP contribution in [0.2, 0.25) is 0 Å². The Balaban J connectivity index is 1.67. The molecule has 1 atom stereocenters. The normalized spacial score (nSPS) is 17.0. The molecule has 9 heteroatoms. The number of nitriles is 1. The summed E-state index contributed by atoms with van der Waals surface area (Å²) in [6, 6.07) is 3.98. The molecule has 0 aromatic carbocycles. The van der Waals surface area contributed by atoms with Gasteiger partial charge in [-0.3, -0.25) is 4.68 Å². The van der Waals surface area contributed by atoms with Crippen molar-refractivity contribution >= 4 is 11.6 Å². The quantitative estimate of drug-likeness (QED) is 0.762. The standard InChI is InChI=1S/C18H18N6O3/c1-27-16-5-12(9-24-17(16)13(6-19)7-21-24)14-8-20-23(10-14)15-3-2-4-22(11-15)18(25)26/h5,7-10,15H,2-4,11H2,1H3,(H,25,26). The Hall–Kier alpha value is -3.54. The molecule has 1 saturated heterocycles. The summed E-state index contributed by atoms with van der Waals surface area (Å²) in [7, 11) is 1.55. The number of piperidine rings is 1. The molecule has 4 heterocycles. The summed E-state index contributed by atoms with van der Waals surface area (Å²) in [4.78, 5) is 12.7. The van der Waals surface area contributed by atoms with Crippen LogP contribution < -0.4 is 4.74 Å². The van der Waals surface area contributed by atoms with Gasteiger partial charge in [0.2, 0.25) is 0 Å². The lowest BCUT2D eigenvalue weighted by atomic mass is 10.1. The van der Waals surface area contributed by atoms with Crippen molar-refractivity contribution < 1.29 is 14.6 Å². The van der Waals surface area contributed by atoms with Crippen molar-refractivity contribution in [2.45, 2.75) is 18.9 Å². The number of fused-ring (bicyclic) bond motifs is 1. The molecule has 1 aliphatic heterocycles. The molecule has 0 radical (unpaired) electrons. The molecule has 4 rings (SSSR count). The summed E-state index contributed by atoms with van der Waals surface area (Å²) in [6.45, 7) is 0.998. The zero-order valence-corrected chi connectivity index (χ0v) is 14.7. The largest absolute Gasteiger partial charge is 0.494 e. The predicted molar refractivity (Wildman–Crippen MR) is 95.5 cm³/mol. The fourth-order valence-corrected chi connectivity index (χ4v) is 3.51. The van der Waals surface area contributed by atoms with E-state index in [9.17, 15) is 15.2 Å². The molecule has 0 aliphatic carbocycles. The zero-order chi connectivity index (χ0) is 19.0. The zero-order valence-electron chi connectivity index (χ0n) is 14.7. The minimum Gasteiger partial charge on any atom is -0.494 e. The van der Waals surface area contributed by atoms with Crippen molar-refractivity contribution in [2.24, 2.45) is 0 Å². The Morgan fingerprint density at radius 3 is 2.93 bits per heavy atom. The van der Waals surface area contributed by atoms with Gasteiger partial charge in [0.15, 0.2) is 0 Å². The molecule has 1 N–H and O–H groups in total. The van der Waals surface area contributed by atoms with Gasteiger partial charge in [0.25, 0.3) is 0 Å². The van der Waals surface area contributed by atoms with E-state index in [2.05, 4.69) is 16.3 Å². The molecule has 1 fully saturated rings. The summed E-state index contributed by atoms with van der Waals surface area (Å²) in [5.74, 6) is 0.559. The van der Waals surface area contributed by atoms with E-state index >= 15 is 0 Å². The minimum absolute atomic E-state index is 0.0177. The number of amides is 1. The molecule has 1 aliphatic rings. The number of ether oxygens (including phenoxy) is 1. The molecule has 3 aromatic rings. The second kappa shape index (κ2) is 6.64. The number of hydrogen-bond acceptors (Lipinski definition) is 5. The molecule has 27 heavy (non-hydrogen) atoms. The number of pyridine rings is 1. The molecule has 0 saturated carbocycles. The molecular weight excluding hydrogens is 348 g/mol. The maximum atomic E-state index is 11.2. The first-order valence-electron chi connectivity index (χ1n) is 8.58. The lowest BCUT2D eigenvalue weighted by Gasteiger charge is -2.30. The van der Waals surface area contributed by atoms with E-state index in [1.165, 1.54) is 11.1 Å². The van der Waals surface area contributed by atoms with Crippen LogP contribution in [-0.4, -0.2) is 55.7 Å². The second-order valence-corrected chi connectivity index (χ2v) is 6.49. The molecule has 9 nitrogen and oxygen atoms in total. The topological polar surface area (TPSA) is 109 Å². The van der Waals surface area contributed by atoms with Crippen LogP contribution in [0.15, 0.2) is 30.9 Å². The number of rotatable bonds is 3. The highest BCUT2D eigenvalue weighted by Crippen LogP contribution is 2.30. The molecule has 0 bridgehead atoms. The van der Waals surface area contributed by atoms with Gasteiger partial charge < -0.3 is 14.7 Å². The highest BCUT2D eigenvalue weighted by atomic mass is 16.5. The maximum Gasteiger partial charge on any atom is 0.407 e. The van der Waals surface area contributed by atoms with E-state index in [-0.39, 0.29) is 6.04 Å². The van der Waals surface area contributed by atoms with Gasteiger partial charge >= 0.3 is 6.09 Å². The lowest BCUT2D eigenvalue weighted by Crippen LogP contribution is -2.39. The van der Waals surface area contributed by atoms with E-state index in [4.69, 9.17) is 4.74 Å². The first-order valence-corrected chi connectivity index (χ1v) is 8.58. The number of carboxylic acid groups (broad SMARTS) is 1. The van der Waals surface area contributed by atoms with Crippen molar-refractivity contribution in [3.05, 3.63) is 36.4 Å². The van der Waals surface area contributed by atoms with Crippen molar-refractivity contribution in [1.29, 1.82) is 5.26 Å². The third-order valence-corrected chi connectivity index (χ3v) is 4.89. The number of hydrogen-bond donors (Lipinski definition) is 1. The third kappa shape index (κ3) is 2.95. The van der Waals surface area contributed by atoms with Crippen molar-refractivity contribution in [3.63, 3.8) is 0 Å². The Morgan fingerprint density at radius 2 is 2.19 bits per heavy atom. The van der Waals surface area contributed by atoms with E-state index in [0.717, 1.165) is 24.0 Å². The van der Waals surface area contributed by atoms with Crippen molar-refractivity contribution in [2.75, 3.05) is 20.2 Å². The van der Waals surface area contributed by atoms with Gasteiger partial charge in [-0.1, -0.05) is 0 Å². The summed E-state index contributed by atoms with van der Waals surface area (Å²) in [5.41, 5.74) is 2.80. The highest BCUT2D eigenvalue weighted by Gasteiger charge is 2.25. The molecule has 1 amide bonds. The molecule has 0 spiro atoms.